The summed E-state index contributed by atoms with van der Waals surface area (Å²) in [6.45, 7) is 2.04. The summed E-state index contributed by atoms with van der Waals surface area (Å²) in [5, 5.41) is 2.72. The van der Waals surface area contributed by atoms with Crippen LogP contribution in [0, 0.1) is 6.92 Å². The second-order valence-corrected chi connectivity index (χ2v) is 7.38. The minimum Gasteiger partial charge on any atom is -0.351 e. The van der Waals surface area contributed by atoms with Gasteiger partial charge in [0.1, 0.15) is 0 Å². The van der Waals surface area contributed by atoms with E-state index in [2.05, 4.69) is 5.32 Å². The smallest absolute Gasteiger partial charge is 0.243 e. The quantitative estimate of drug-likeness (QED) is 0.879. The first kappa shape index (κ1) is 17.2. The number of carbonyl (C=O) groups is 1. The third-order valence-electron chi connectivity index (χ3n) is 3.43. The van der Waals surface area contributed by atoms with E-state index in [1.807, 2.05) is 37.3 Å². The summed E-state index contributed by atoms with van der Waals surface area (Å²) < 4.78 is 25.9. The van der Waals surface area contributed by atoms with Crippen molar-refractivity contribution in [2.24, 2.45) is 0 Å². The molecular formula is C17H20N2O3S. The lowest BCUT2D eigenvalue weighted by Gasteiger charge is -2.17. The zero-order chi connectivity index (χ0) is 16.9. The molecule has 0 saturated carbocycles. The van der Waals surface area contributed by atoms with Crippen molar-refractivity contribution in [1.82, 2.24) is 9.62 Å². The molecule has 1 N–H and O–H groups in total. The van der Waals surface area contributed by atoms with Crippen molar-refractivity contribution >= 4 is 15.9 Å². The van der Waals surface area contributed by atoms with Crippen molar-refractivity contribution in [3.8, 4) is 0 Å². The Morgan fingerprint density at radius 1 is 1.04 bits per heavy atom. The van der Waals surface area contributed by atoms with Crippen molar-refractivity contribution in [1.29, 1.82) is 0 Å². The van der Waals surface area contributed by atoms with E-state index in [-0.39, 0.29) is 17.3 Å². The highest BCUT2D eigenvalue weighted by Crippen LogP contribution is 2.14. The Labute approximate surface area is 137 Å². The van der Waals surface area contributed by atoms with Crippen LogP contribution in [0.25, 0.3) is 0 Å². The first-order valence-corrected chi connectivity index (χ1v) is 8.67. The highest BCUT2D eigenvalue weighted by atomic mass is 32.2. The van der Waals surface area contributed by atoms with Gasteiger partial charge in [0, 0.05) is 13.6 Å². The van der Waals surface area contributed by atoms with Crippen LogP contribution in [-0.2, 0) is 21.4 Å². The molecular weight excluding hydrogens is 312 g/mol. The molecule has 23 heavy (non-hydrogen) atoms. The molecule has 0 heterocycles. The second-order valence-electron chi connectivity index (χ2n) is 5.34. The first-order valence-electron chi connectivity index (χ1n) is 7.23. The lowest BCUT2D eigenvalue weighted by molar-refractivity contribution is -0.121. The summed E-state index contributed by atoms with van der Waals surface area (Å²) in [7, 11) is -2.26. The predicted molar refractivity (Wildman–Crippen MR) is 89.3 cm³/mol. The van der Waals surface area contributed by atoms with Crippen LogP contribution in [0.3, 0.4) is 0 Å². The molecule has 0 saturated heterocycles. The summed E-state index contributed by atoms with van der Waals surface area (Å²) in [5.41, 5.74) is 1.94. The molecule has 0 atom stereocenters. The molecule has 2 aromatic rings. The molecule has 122 valence electrons. The molecule has 1 amide bonds. The largest absolute Gasteiger partial charge is 0.351 e. The van der Waals surface area contributed by atoms with Crippen LogP contribution < -0.4 is 5.32 Å². The van der Waals surface area contributed by atoms with Crippen LogP contribution in [0.15, 0.2) is 59.5 Å². The Hall–Kier alpha value is -2.18. The number of likely N-dealkylation sites (N-methyl/N-ethyl adjacent to an activating group) is 1. The number of carbonyl (C=O) groups excluding carboxylic acids is 1. The van der Waals surface area contributed by atoms with Crippen LogP contribution in [0.2, 0.25) is 0 Å². The topological polar surface area (TPSA) is 66.5 Å². The van der Waals surface area contributed by atoms with E-state index in [1.54, 1.807) is 24.3 Å². The van der Waals surface area contributed by atoms with Crippen molar-refractivity contribution in [2.45, 2.75) is 18.4 Å². The van der Waals surface area contributed by atoms with Crippen LogP contribution in [0.1, 0.15) is 11.1 Å². The number of benzene rings is 2. The van der Waals surface area contributed by atoms with Gasteiger partial charge in [0.25, 0.3) is 0 Å². The number of amides is 1. The molecule has 0 radical (unpaired) electrons. The van der Waals surface area contributed by atoms with E-state index in [0.29, 0.717) is 6.54 Å². The van der Waals surface area contributed by atoms with Crippen molar-refractivity contribution in [3.63, 3.8) is 0 Å². The Bertz CT molecular complexity index is 756. The molecule has 0 aliphatic rings. The van der Waals surface area contributed by atoms with Gasteiger partial charge in [-0.2, -0.15) is 4.31 Å². The number of hydrogen-bond acceptors (Lipinski definition) is 3. The Morgan fingerprint density at radius 3 is 2.26 bits per heavy atom. The highest BCUT2D eigenvalue weighted by Gasteiger charge is 2.22. The molecule has 0 fully saturated rings. The average Bonchev–Trinajstić information content (AvgIpc) is 2.54. The fourth-order valence-electron chi connectivity index (χ4n) is 2.03. The molecule has 0 bridgehead atoms. The number of nitrogens with one attached hydrogen (secondary N) is 1. The first-order chi connectivity index (χ1) is 10.9. The minimum atomic E-state index is -3.66. The van der Waals surface area contributed by atoms with Crippen LogP contribution >= 0.6 is 0 Å². The SMILES string of the molecule is Cc1ccc(S(=O)(=O)N(C)CC(=O)NCc2ccccc2)cc1. The van der Waals surface area contributed by atoms with Gasteiger partial charge in [-0.15, -0.1) is 0 Å². The Balaban J connectivity index is 1.96. The number of aryl methyl sites for hydroxylation is 1. The fraction of sp³-hybridized carbons (Fsp3) is 0.235. The van der Waals surface area contributed by atoms with Gasteiger partial charge in [0.15, 0.2) is 0 Å². The summed E-state index contributed by atoms with van der Waals surface area (Å²) >= 11 is 0. The van der Waals surface area contributed by atoms with E-state index in [0.717, 1.165) is 15.4 Å². The van der Waals surface area contributed by atoms with Gasteiger partial charge in [-0.05, 0) is 24.6 Å². The highest BCUT2D eigenvalue weighted by molar-refractivity contribution is 7.89. The van der Waals surface area contributed by atoms with E-state index >= 15 is 0 Å². The van der Waals surface area contributed by atoms with E-state index in [1.165, 1.54) is 7.05 Å². The lowest BCUT2D eigenvalue weighted by atomic mass is 10.2. The number of sulfonamides is 1. The average molecular weight is 332 g/mol. The van der Waals surface area contributed by atoms with Gasteiger partial charge >= 0.3 is 0 Å². The monoisotopic (exact) mass is 332 g/mol. The minimum absolute atomic E-state index is 0.182. The third kappa shape index (κ3) is 4.64. The second kappa shape index (κ2) is 7.39. The number of rotatable bonds is 6. The lowest BCUT2D eigenvalue weighted by Crippen LogP contribution is -2.38. The van der Waals surface area contributed by atoms with Crippen LogP contribution in [0.4, 0.5) is 0 Å². The maximum atomic E-state index is 12.4. The number of nitrogens with zero attached hydrogens (tertiary/aromatic N) is 1. The van der Waals surface area contributed by atoms with E-state index < -0.39 is 10.0 Å². The molecule has 2 aromatic carbocycles. The molecule has 5 nitrogen and oxygen atoms in total. The normalized spacial score (nSPS) is 11.4. The van der Waals surface area contributed by atoms with Gasteiger partial charge in [-0.1, -0.05) is 48.0 Å². The maximum absolute atomic E-state index is 12.4. The number of hydrogen-bond donors (Lipinski definition) is 1. The molecule has 0 spiro atoms. The van der Waals surface area contributed by atoms with Gasteiger partial charge in [-0.3, -0.25) is 4.79 Å². The fourth-order valence-corrected chi connectivity index (χ4v) is 3.16. The molecule has 0 unspecified atom stereocenters. The Morgan fingerprint density at radius 2 is 1.65 bits per heavy atom. The Kier molecular flexibility index (Phi) is 5.52. The van der Waals surface area contributed by atoms with E-state index in [4.69, 9.17) is 0 Å². The molecule has 0 aliphatic carbocycles. The standard InChI is InChI=1S/C17H20N2O3S/c1-14-8-10-16(11-9-14)23(21,22)19(2)13-17(20)18-12-15-6-4-3-5-7-15/h3-11H,12-13H2,1-2H3,(H,18,20). The van der Waals surface area contributed by atoms with Crippen molar-refractivity contribution in [2.75, 3.05) is 13.6 Å². The maximum Gasteiger partial charge on any atom is 0.243 e. The summed E-state index contributed by atoms with van der Waals surface area (Å²) in [6, 6.07) is 16.0. The van der Waals surface area contributed by atoms with E-state index in [9.17, 15) is 13.2 Å². The zero-order valence-electron chi connectivity index (χ0n) is 13.2. The molecule has 0 aromatic heterocycles. The summed E-state index contributed by atoms with van der Waals surface area (Å²) in [6.07, 6.45) is 0. The zero-order valence-corrected chi connectivity index (χ0v) is 14.0. The van der Waals surface area contributed by atoms with Gasteiger partial charge < -0.3 is 5.32 Å². The summed E-state index contributed by atoms with van der Waals surface area (Å²) in [5.74, 6) is -0.341. The predicted octanol–water partition coefficient (Wildman–Crippen LogP) is 1.93. The molecule has 2 rings (SSSR count). The van der Waals surface area contributed by atoms with Crippen LogP contribution in [0.5, 0.6) is 0 Å². The van der Waals surface area contributed by atoms with Crippen molar-refractivity contribution < 1.29 is 13.2 Å². The van der Waals surface area contributed by atoms with Gasteiger partial charge in [0.05, 0.1) is 11.4 Å². The van der Waals surface area contributed by atoms with Gasteiger partial charge in [-0.25, -0.2) is 8.42 Å². The summed E-state index contributed by atoms with van der Waals surface area (Å²) in [4.78, 5) is 12.1. The van der Waals surface area contributed by atoms with Gasteiger partial charge in [0.2, 0.25) is 15.9 Å². The third-order valence-corrected chi connectivity index (χ3v) is 5.25. The van der Waals surface area contributed by atoms with Crippen molar-refractivity contribution in [3.05, 3.63) is 65.7 Å². The van der Waals surface area contributed by atoms with Crippen LogP contribution in [-0.4, -0.2) is 32.2 Å². The molecule has 6 heteroatoms. The molecule has 0 aliphatic heterocycles.